The predicted molar refractivity (Wildman–Crippen MR) is 225 cm³/mol. The van der Waals surface area contributed by atoms with Crippen molar-refractivity contribution in [2.75, 3.05) is 52.9 Å². The van der Waals surface area contributed by atoms with E-state index >= 15 is 0 Å². The van der Waals surface area contributed by atoms with Gasteiger partial charge in [-0.3, -0.25) is 28.8 Å². The maximum Gasteiger partial charge on any atom is 0.303 e. The van der Waals surface area contributed by atoms with Gasteiger partial charge in [0.2, 0.25) is 0 Å². The number of carbonyl (C=O) groups is 6. The first kappa shape index (κ1) is 74.0. The standard InChI is InChI=1S/2C5H12O4.6C5H10O2/c2*6-1-5(2-7,3-8)4-9;6*1-2-3-4-5(6)7/h2*6-9H,1-4H2;6*2-4H2,1H3,(H,6,7). The molecule has 0 amide bonds. The summed E-state index contributed by atoms with van der Waals surface area (Å²) in [5.74, 6) is -4.16. The van der Waals surface area contributed by atoms with Crippen molar-refractivity contribution >= 4 is 35.8 Å². The molecular formula is C40H84O20. The molecule has 0 aromatic rings. The molecule has 0 saturated carbocycles. The Hall–Kier alpha value is -3.50. The lowest BCUT2D eigenvalue weighted by atomic mass is 9.93. The Morgan fingerprint density at radius 2 is 0.367 bits per heavy atom. The van der Waals surface area contributed by atoms with Gasteiger partial charge in [-0.1, -0.05) is 80.1 Å². The molecule has 0 bridgehead atoms. The normalized spacial score (nSPS) is 9.70. The minimum Gasteiger partial charge on any atom is -0.481 e. The van der Waals surface area contributed by atoms with E-state index in [1.54, 1.807) is 0 Å². The number of rotatable bonds is 26. The second kappa shape index (κ2) is 59.8. The summed E-state index contributed by atoms with van der Waals surface area (Å²) in [6.07, 6.45) is 12.5. The van der Waals surface area contributed by atoms with Gasteiger partial charge in [0.1, 0.15) is 0 Å². The number of hydrogen-bond donors (Lipinski definition) is 14. The van der Waals surface area contributed by atoms with Gasteiger partial charge in [-0.2, -0.15) is 0 Å². The molecule has 0 aliphatic carbocycles. The van der Waals surface area contributed by atoms with E-state index in [0.717, 1.165) is 77.0 Å². The Morgan fingerprint density at radius 3 is 0.383 bits per heavy atom. The highest BCUT2D eigenvalue weighted by Crippen LogP contribution is 2.12. The number of carboxylic acids is 6. The molecule has 0 atom stereocenters. The van der Waals surface area contributed by atoms with E-state index in [1.807, 2.05) is 41.5 Å². The maximum absolute atomic E-state index is 9.76. The third-order valence-corrected chi connectivity index (χ3v) is 7.15. The molecule has 0 heterocycles. The average Bonchev–Trinajstić information content (AvgIpc) is 3.22. The largest absolute Gasteiger partial charge is 0.481 e. The Balaban J connectivity index is -0.0000000861. The summed E-state index contributed by atoms with van der Waals surface area (Å²) < 4.78 is 0. The van der Waals surface area contributed by atoms with Gasteiger partial charge in [0, 0.05) is 38.5 Å². The predicted octanol–water partition coefficient (Wildman–Crippen LogP) is 3.45. The van der Waals surface area contributed by atoms with E-state index in [1.165, 1.54) is 0 Å². The van der Waals surface area contributed by atoms with Crippen LogP contribution in [0.25, 0.3) is 0 Å². The minimum absolute atomic E-state index is 0.316. The monoisotopic (exact) mass is 885 g/mol. The van der Waals surface area contributed by atoms with Crippen LogP contribution in [0.1, 0.15) is 157 Å². The first-order chi connectivity index (χ1) is 28.1. The van der Waals surface area contributed by atoms with E-state index in [2.05, 4.69) is 0 Å². The van der Waals surface area contributed by atoms with Gasteiger partial charge in [0.25, 0.3) is 0 Å². The molecule has 364 valence electrons. The van der Waals surface area contributed by atoms with Crippen LogP contribution in [-0.2, 0) is 28.8 Å². The summed E-state index contributed by atoms with van der Waals surface area (Å²) in [5, 5.41) is 116. The van der Waals surface area contributed by atoms with Crippen LogP contribution in [0.4, 0.5) is 0 Å². The van der Waals surface area contributed by atoms with Crippen molar-refractivity contribution in [2.24, 2.45) is 10.8 Å². The van der Waals surface area contributed by atoms with Gasteiger partial charge in [-0.05, 0) is 38.5 Å². The summed E-state index contributed by atoms with van der Waals surface area (Å²) in [7, 11) is 0. The van der Waals surface area contributed by atoms with Gasteiger partial charge in [-0.15, -0.1) is 0 Å². The van der Waals surface area contributed by atoms with Crippen molar-refractivity contribution in [3.63, 3.8) is 0 Å². The Kier molecular flexibility index (Phi) is 73.8. The zero-order valence-corrected chi connectivity index (χ0v) is 37.1. The number of carboxylic acid groups (broad SMARTS) is 6. The molecule has 0 aromatic carbocycles. The summed E-state index contributed by atoms with van der Waals surface area (Å²) in [6, 6.07) is 0. The first-order valence-corrected chi connectivity index (χ1v) is 20.3. The first-order valence-electron chi connectivity index (χ1n) is 20.3. The number of aliphatic hydroxyl groups excluding tert-OH is 8. The van der Waals surface area contributed by atoms with Gasteiger partial charge in [-0.25, -0.2) is 0 Å². The molecule has 0 radical (unpaired) electrons. The van der Waals surface area contributed by atoms with Crippen molar-refractivity contribution in [2.45, 2.75) is 157 Å². The van der Waals surface area contributed by atoms with E-state index in [0.29, 0.717) is 38.5 Å². The van der Waals surface area contributed by atoms with Crippen molar-refractivity contribution in [3.8, 4) is 0 Å². The fourth-order valence-electron chi connectivity index (χ4n) is 2.57. The molecule has 0 rings (SSSR count). The molecule has 14 N–H and O–H groups in total. The second-order valence-corrected chi connectivity index (χ2v) is 13.2. The molecule has 0 fully saturated rings. The van der Waals surface area contributed by atoms with Crippen LogP contribution >= 0.6 is 0 Å². The van der Waals surface area contributed by atoms with Crippen LogP contribution in [0.3, 0.4) is 0 Å². The lowest BCUT2D eigenvalue weighted by Crippen LogP contribution is -2.37. The lowest BCUT2D eigenvalue weighted by molar-refractivity contribution is -0.138. The Morgan fingerprint density at radius 1 is 0.267 bits per heavy atom. The Bertz CT molecular complexity index is 743. The molecule has 0 aromatic heterocycles. The molecule has 0 aliphatic heterocycles. The summed E-state index contributed by atoms with van der Waals surface area (Å²) in [6.45, 7) is 8.60. The van der Waals surface area contributed by atoms with E-state index < -0.39 is 99.5 Å². The molecule has 20 nitrogen and oxygen atoms in total. The van der Waals surface area contributed by atoms with Crippen LogP contribution < -0.4 is 0 Å². The van der Waals surface area contributed by atoms with Gasteiger partial charge >= 0.3 is 35.8 Å². The molecule has 20 heteroatoms. The number of aliphatic carboxylic acids is 6. The number of hydrogen-bond acceptors (Lipinski definition) is 14. The fourth-order valence-corrected chi connectivity index (χ4v) is 2.57. The van der Waals surface area contributed by atoms with Crippen LogP contribution in [0.5, 0.6) is 0 Å². The molecule has 60 heavy (non-hydrogen) atoms. The average molecular weight is 885 g/mol. The second-order valence-electron chi connectivity index (χ2n) is 13.2. The maximum atomic E-state index is 9.76. The fraction of sp³-hybridized carbons (Fsp3) is 0.850. The molecule has 0 spiro atoms. The van der Waals surface area contributed by atoms with Crippen molar-refractivity contribution in [1.82, 2.24) is 0 Å². The molecular weight excluding hydrogens is 800 g/mol. The van der Waals surface area contributed by atoms with E-state index in [9.17, 15) is 28.8 Å². The zero-order valence-electron chi connectivity index (χ0n) is 37.1. The molecule has 0 saturated heterocycles. The third kappa shape index (κ3) is 78.8. The minimum atomic E-state index is -1.11. The summed E-state index contributed by atoms with van der Waals surface area (Å²) >= 11 is 0. The topological polar surface area (TPSA) is 386 Å². The number of aliphatic hydroxyl groups is 8. The highest BCUT2D eigenvalue weighted by Gasteiger charge is 2.27. The summed E-state index contributed by atoms with van der Waals surface area (Å²) in [5.41, 5.74) is -2.22. The third-order valence-electron chi connectivity index (χ3n) is 7.15. The van der Waals surface area contributed by atoms with Gasteiger partial charge < -0.3 is 71.5 Å². The molecule has 0 unspecified atom stereocenters. The van der Waals surface area contributed by atoms with E-state index in [-0.39, 0.29) is 0 Å². The quantitative estimate of drug-likeness (QED) is 0.0591. The van der Waals surface area contributed by atoms with Crippen LogP contribution in [0.15, 0.2) is 0 Å². The van der Waals surface area contributed by atoms with Crippen molar-refractivity contribution in [3.05, 3.63) is 0 Å². The van der Waals surface area contributed by atoms with Gasteiger partial charge in [0.15, 0.2) is 0 Å². The zero-order chi connectivity index (χ0) is 48.8. The van der Waals surface area contributed by atoms with Crippen LogP contribution in [0.2, 0.25) is 0 Å². The smallest absolute Gasteiger partial charge is 0.303 e. The van der Waals surface area contributed by atoms with Crippen molar-refractivity contribution < 1.29 is 100 Å². The number of unbranched alkanes of at least 4 members (excludes halogenated alkanes) is 6. The SMILES string of the molecule is CCCCC(=O)O.CCCCC(=O)O.CCCCC(=O)O.CCCCC(=O)O.CCCCC(=O)O.CCCCC(=O)O.OCC(CO)(CO)CO.OCC(CO)(CO)CO. The van der Waals surface area contributed by atoms with Crippen LogP contribution in [-0.4, -0.2) is 160 Å². The highest BCUT2D eigenvalue weighted by molar-refractivity contribution is 5.68. The van der Waals surface area contributed by atoms with Crippen molar-refractivity contribution in [1.29, 1.82) is 0 Å². The highest BCUT2D eigenvalue weighted by atomic mass is 16.4. The van der Waals surface area contributed by atoms with E-state index in [4.69, 9.17) is 71.5 Å². The molecule has 0 aliphatic rings. The Labute approximate surface area is 356 Å². The lowest BCUT2D eigenvalue weighted by Gasteiger charge is -2.23. The van der Waals surface area contributed by atoms with Crippen LogP contribution in [0, 0.1) is 10.8 Å². The summed E-state index contributed by atoms with van der Waals surface area (Å²) in [4.78, 5) is 58.5. The van der Waals surface area contributed by atoms with Gasteiger partial charge in [0.05, 0.1) is 63.7 Å².